The summed E-state index contributed by atoms with van der Waals surface area (Å²) in [6, 6.07) is 12.4. The quantitative estimate of drug-likeness (QED) is 0.762. The molecule has 0 amide bonds. The molecule has 2 N–H and O–H groups in total. The highest BCUT2D eigenvalue weighted by Gasteiger charge is 2.03. The zero-order valence-corrected chi connectivity index (χ0v) is 11.8. The molecule has 3 aromatic rings. The topological polar surface area (TPSA) is 53.6 Å². The number of fused-ring (bicyclic) bond motifs is 1. The first-order valence-corrected chi connectivity index (χ1v) is 6.83. The van der Waals surface area contributed by atoms with Gasteiger partial charge in [0.2, 0.25) is 0 Å². The van der Waals surface area contributed by atoms with Crippen molar-refractivity contribution in [3.63, 3.8) is 0 Å². The Morgan fingerprint density at radius 3 is 2.60 bits per heavy atom. The molecule has 4 heteroatoms. The summed E-state index contributed by atoms with van der Waals surface area (Å²) < 4.78 is 0. The summed E-state index contributed by atoms with van der Waals surface area (Å²) in [7, 11) is 0. The number of nitrogens with zero attached hydrogens (tertiary/aromatic N) is 2. The molecule has 0 bridgehead atoms. The Balaban J connectivity index is 1.63. The van der Waals surface area contributed by atoms with Crippen LogP contribution in [-0.4, -0.2) is 21.5 Å². The molecular weight excluding hydrogens is 248 g/mol. The van der Waals surface area contributed by atoms with Crippen LogP contribution in [0.5, 0.6) is 0 Å². The van der Waals surface area contributed by atoms with E-state index >= 15 is 0 Å². The van der Waals surface area contributed by atoms with Crippen LogP contribution >= 0.6 is 0 Å². The predicted molar refractivity (Wildman–Crippen MR) is 82.0 cm³/mol. The molecule has 0 aliphatic carbocycles. The van der Waals surface area contributed by atoms with Crippen LogP contribution in [0.25, 0.3) is 11.2 Å². The number of aromatic nitrogens is 3. The molecule has 0 unspecified atom stereocenters. The molecule has 0 aliphatic heterocycles. The van der Waals surface area contributed by atoms with Gasteiger partial charge in [-0.15, -0.1) is 0 Å². The van der Waals surface area contributed by atoms with E-state index in [9.17, 15) is 0 Å². The van der Waals surface area contributed by atoms with Gasteiger partial charge in [0.1, 0.15) is 5.82 Å². The maximum absolute atomic E-state index is 4.51. The molecule has 0 aliphatic rings. The van der Waals surface area contributed by atoms with E-state index in [0.29, 0.717) is 0 Å². The van der Waals surface area contributed by atoms with Crippen molar-refractivity contribution in [2.75, 3.05) is 11.9 Å². The number of rotatable bonds is 4. The summed E-state index contributed by atoms with van der Waals surface area (Å²) in [6.45, 7) is 4.92. The average molecular weight is 266 g/mol. The first-order valence-electron chi connectivity index (χ1n) is 6.83. The first kappa shape index (κ1) is 12.7. The second kappa shape index (κ2) is 5.33. The fourth-order valence-electron chi connectivity index (χ4n) is 2.15. The van der Waals surface area contributed by atoms with Crippen molar-refractivity contribution >= 4 is 16.9 Å². The molecule has 102 valence electrons. The van der Waals surface area contributed by atoms with Crippen LogP contribution in [0.3, 0.4) is 0 Å². The van der Waals surface area contributed by atoms with E-state index in [1.165, 1.54) is 5.56 Å². The Morgan fingerprint density at radius 1 is 1.00 bits per heavy atom. The second-order valence-electron chi connectivity index (χ2n) is 5.05. The third-order valence-corrected chi connectivity index (χ3v) is 3.28. The van der Waals surface area contributed by atoms with Gasteiger partial charge >= 0.3 is 0 Å². The number of hydrogen-bond donors (Lipinski definition) is 2. The minimum Gasteiger partial charge on any atom is -0.385 e. The van der Waals surface area contributed by atoms with Crippen molar-refractivity contribution in [3.05, 3.63) is 53.5 Å². The van der Waals surface area contributed by atoms with E-state index in [2.05, 4.69) is 51.5 Å². The van der Waals surface area contributed by atoms with E-state index in [1.807, 2.05) is 19.1 Å². The summed E-state index contributed by atoms with van der Waals surface area (Å²) in [5, 5.41) is 3.40. The van der Waals surface area contributed by atoms with Gasteiger partial charge in [0.05, 0.1) is 5.52 Å². The van der Waals surface area contributed by atoms with Crippen molar-refractivity contribution in [2.45, 2.75) is 20.3 Å². The summed E-state index contributed by atoms with van der Waals surface area (Å²) in [6.07, 6.45) is 0.850. The molecule has 3 rings (SSSR count). The Morgan fingerprint density at radius 2 is 1.80 bits per heavy atom. The van der Waals surface area contributed by atoms with Crippen LogP contribution in [0, 0.1) is 13.8 Å². The number of aromatic amines is 1. The normalized spacial score (nSPS) is 10.9. The lowest BCUT2D eigenvalue weighted by Crippen LogP contribution is -2.05. The first-order chi connectivity index (χ1) is 9.70. The number of H-pyrrole nitrogens is 1. The number of hydrogen-bond acceptors (Lipinski definition) is 3. The lowest BCUT2D eigenvalue weighted by molar-refractivity contribution is 0.932. The highest BCUT2D eigenvalue weighted by Crippen LogP contribution is 2.11. The Bertz CT molecular complexity index is 713. The average Bonchev–Trinajstić information content (AvgIpc) is 2.83. The summed E-state index contributed by atoms with van der Waals surface area (Å²) >= 11 is 0. The van der Waals surface area contributed by atoms with Crippen molar-refractivity contribution in [1.29, 1.82) is 0 Å². The number of aryl methyl sites for hydroxylation is 2. The highest BCUT2D eigenvalue weighted by molar-refractivity contribution is 5.70. The van der Waals surface area contributed by atoms with E-state index in [1.54, 1.807) is 0 Å². The van der Waals surface area contributed by atoms with Gasteiger partial charge < -0.3 is 10.3 Å². The van der Waals surface area contributed by atoms with Gasteiger partial charge in [-0.3, -0.25) is 0 Å². The molecule has 1 aromatic carbocycles. The maximum atomic E-state index is 4.51. The SMILES string of the molecule is Cc1ccc(NCCc2nc3nc(C)ccc3[nH]2)cc1. The number of nitrogens with one attached hydrogen (secondary N) is 2. The molecule has 2 heterocycles. The highest BCUT2D eigenvalue weighted by atomic mass is 15.0. The summed E-state index contributed by atoms with van der Waals surface area (Å²) in [4.78, 5) is 12.2. The standard InChI is InChI=1S/C16H18N4/c1-11-3-6-13(7-4-11)17-10-9-15-19-14-8-5-12(2)18-16(14)20-15/h3-8,17H,9-10H2,1-2H3,(H,18,19,20). The predicted octanol–water partition coefficient (Wildman–Crippen LogP) is 3.23. The minimum absolute atomic E-state index is 0.801. The molecule has 4 nitrogen and oxygen atoms in total. The van der Waals surface area contributed by atoms with Gasteiger partial charge in [0, 0.05) is 24.3 Å². The van der Waals surface area contributed by atoms with Crippen molar-refractivity contribution in [3.8, 4) is 0 Å². The number of imidazole rings is 1. The number of pyridine rings is 1. The third-order valence-electron chi connectivity index (χ3n) is 3.28. The smallest absolute Gasteiger partial charge is 0.177 e. The van der Waals surface area contributed by atoms with Gasteiger partial charge in [-0.05, 0) is 38.1 Å². The van der Waals surface area contributed by atoms with E-state index < -0.39 is 0 Å². The van der Waals surface area contributed by atoms with Crippen LogP contribution in [0.1, 0.15) is 17.1 Å². The fraction of sp³-hybridized carbons (Fsp3) is 0.250. The summed E-state index contributed by atoms with van der Waals surface area (Å²) in [5.41, 5.74) is 5.21. The lowest BCUT2D eigenvalue weighted by Gasteiger charge is -2.05. The summed E-state index contributed by atoms with van der Waals surface area (Å²) in [5.74, 6) is 0.970. The van der Waals surface area contributed by atoms with Gasteiger partial charge in [0.25, 0.3) is 0 Å². The fourth-order valence-corrected chi connectivity index (χ4v) is 2.15. The van der Waals surface area contributed by atoms with E-state index in [4.69, 9.17) is 0 Å². The second-order valence-corrected chi connectivity index (χ2v) is 5.05. The van der Waals surface area contributed by atoms with E-state index in [0.717, 1.165) is 41.3 Å². The van der Waals surface area contributed by atoms with Gasteiger partial charge in [-0.2, -0.15) is 0 Å². The zero-order valence-electron chi connectivity index (χ0n) is 11.8. The lowest BCUT2D eigenvalue weighted by atomic mass is 10.2. The molecule has 0 fully saturated rings. The number of anilines is 1. The Kier molecular flexibility index (Phi) is 3.37. The largest absolute Gasteiger partial charge is 0.385 e. The van der Waals surface area contributed by atoms with Crippen LogP contribution < -0.4 is 5.32 Å². The minimum atomic E-state index is 0.801. The molecule has 0 spiro atoms. The van der Waals surface area contributed by atoms with Gasteiger partial charge in [0.15, 0.2) is 5.65 Å². The molecule has 0 saturated carbocycles. The van der Waals surface area contributed by atoms with Crippen LogP contribution in [0.2, 0.25) is 0 Å². The third kappa shape index (κ3) is 2.79. The van der Waals surface area contributed by atoms with Crippen molar-refractivity contribution in [2.24, 2.45) is 0 Å². The zero-order chi connectivity index (χ0) is 13.9. The van der Waals surface area contributed by atoms with Gasteiger partial charge in [-0.25, -0.2) is 9.97 Å². The van der Waals surface area contributed by atoms with Crippen molar-refractivity contribution < 1.29 is 0 Å². The van der Waals surface area contributed by atoms with Crippen LogP contribution in [0.15, 0.2) is 36.4 Å². The van der Waals surface area contributed by atoms with Crippen molar-refractivity contribution in [1.82, 2.24) is 15.0 Å². The molecule has 2 aromatic heterocycles. The molecule has 0 radical (unpaired) electrons. The van der Waals surface area contributed by atoms with Gasteiger partial charge in [-0.1, -0.05) is 17.7 Å². The number of benzene rings is 1. The van der Waals surface area contributed by atoms with Crippen LogP contribution in [-0.2, 0) is 6.42 Å². The maximum Gasteiger partial charge on any atom is 0.177 e. The molecule has 0 atom stereocenters. The Hall–Kier alpha value is -2.36. The monoisotopic (exact) mass is 266 g/mol. The molecule has 20 heavy (non-hydrogen) atoms. The van der Waals surface area contributed by atoms with Crippen LogP contribution in [0.4, 0.5) is 5.69 Å². The Labute approximate surface area is 118 Å². The van der Waals surface area contributed by atoms with E-state index in [-0.39, 0.29) is 0 Å². The molecular formula is C16H18N4. The molecule has 0 saturated heterocycles.